The zero-order valence-electron chi connectivity index (χ0n) is 23.9. The van der Waals surface area contributed by atoms with E-state index in [0.717, 1.165) is 0 Å². The zero-order valence-corrected chi connectivity index (χ0v) is 23.9. The van der Waals surface area contributed by atoms with Crippen molar-refractivity contribution in [1.82, 2.24) is 19.5 Å². The molecule has 0 amide bonds. The van der Waals surface area contributed by atoms with Gasteiger partial charge in [0.2, 0.25) is 12.5 Å². The van der Waals surface area contributed by atoms with Gasteiger partial charge in [0.05, 0.1) is 52.5 Å². The summed E-state index contributed by atoms with van der Waals surface area (Å²) < 4.78 is 35.6. The summed E-state index contributed by atoms with van der Waals surface area (Å²) in [4.78, 5) is 26.5. The maximum absolute atomic E-state index is 13.9. The lowest BCUT2D eigenvalue weighted by atomic mass is 9.65. The van der Waals surface area contributed by atoms with Crippen LogP contribution in [0.2, 0.25) is 0 Å². The first kappa shape index (κ1) is 28.5. The van der Waals surface area contributed by atoms with Crippen LogP contribution in [0, 0.1) is 11.8 Å². The third kappa shape index (κ3) is 5.04. The van der Waals surface area contributed by atoms with Gasteiger partial charge in [-0.05, 0) is 47.4 Å². The van der Waals surface area contributed by atoms with E-state index in [1.165, 1.54) is 27.7 Å². The van der Waals surface area contributed by atoms with Crippen molar-refractivity contribution in [2.24, 2.45) is 11.8 Å². The predicted octanol–water partition coefficient (Wildman–Crippen LogP) is 2.62. The van der Waals surface area contributed by atoms with Crippen LogP contribution in [0.1, 0.15) is 35.1 Å². The Morgan fingerprint density at radius 2 is 1.74 bits per heavy atom. The summed E-state index contributed by atoms with van der Waals surface area (Å²) in [6.45, 7) is 0.192. The molecule has 43 heavy (non-hydrogen) atoms. The van der Waals surface area contributed by atoms with E-state index in [4.69, 9.17) is 28.4 Å². The van der Waals surface area contributed by atoms with Crippen molar-refractivity contribution in [1.29, 1.82) is 0 Å². The Morgan fingerprint density at radius 1 is 1.02 bits per heavy atom. The Balaban J connectivity index is 1.35. The number of rotatable bonds is 10. The highest BCUT2D eigenvalue weighted by molar-refractivity contribution is 5.77. The summed E-state index contributed by atoms with van der Waals surface area (Å²) in [5.74, 6) is -0.894. The third-order valence-corrected chi connectivity index (χ3v) is 8.06. The number of methoxy groups -OCH3 is 3. The second-order valence-electron chi connectivity index (χ2n) is 10.3. The lowest BCUT2D eigenvalue weighted by Gasteiger charge is -2.41. The summed E-state index contributed by atoms with van der Waals surface area (Å²) >= 11 is 0. The van der Waals surface area contributed by atoms with Crippen molar-refractivity contribution < 1.29 is 43.4 Å². The average Bonchev–Trinajstić information content (AvgIpc) is 3.68. The number of benzene rings is 2. The van der Waals surface area contributed by atoms with Crippen LogP contribution < -0.4 is 23.7 Å². The molecule has 2 aromatic heterocycles. The SMILES string of the molecule is COc1cc([C@@H]2c3cc4c(cc3[C@H](O)[C@@H](CO)[C@H]2C(=O)OCCCn2cnc3cncnc32)OCO4)cc(OC)c1OC. The quantitative estimate of drug-likeness (QED) is 0.205. The molecule has 0 spiro atoms. The van der Waals surface area contributed by atoms with E-state index < -0.39 is 36.4 Å². The number of esters is 1. The smallest absolute Gasteiger partial charge is 0.310 e. The van der Waals surface area contributed by atoms with Crippen molar-refractivity contribution >= 4 is 17.1 Å². The number of ether oxygens (including phenoxy) is 6. The number of aromatic nitrogens is 4. The highest BCUT2D eigenvalue weighted by Crippen LogP contribution is 2.54. The molecule has 13 nitrogen and oxygen atoms in total. The zero-order chi connectivity index (χ0) is 30.1. The standard InChI is InChI=1S/C30H32N4O9/c1-38-23-7-16(8-24(39-2)28(23)40-3)25-17-9-21-22(43-15-42-21)10-18(17)27(36)19(12-35)26(25)30(37)41-6-4-5-34-14-33-20-11-31-13-32-29(20)34/h7-11,13-14,19,25-27,35-36H,4-6,12,15H2,1-3H3/t19-,25+,26+,27-/m0/s1. The minimum Gasteiger partial charge on any atom is -0.493 e. The van der Waals surface area contributed by atoms with Crippen LogP contribution in [0.15, 0.2) is 43.1 Å². The van der Waals surface area contributed by atoms with E-state index in [0.29, 0.717) is 69.6 Å². The molecule has 4 aromatic rings. The Labute approximate surface area is 246 Å². The molecule has 1 aliphatic heterocycles. The Hall–Kier alpha value is -4.62. The van der Waals surface area contributed by atoms with Crippen molar-refractivity contribution in [2.75, 3.05) is 41.3 Å². The van der Waals surface area contributed by atoms with Crippen LogP contribution in [-0.2, 0) is 16.1 Å². The van der Waals surface area contributed by atoms with Crippen molar-refractivity contribution in [2.45, 2.75) is 25.0 Å². The second-order valence-corrected chi connectivity index (χ2v) is 10.3. The largest absolute Gasteiger partial charge is 0.493 e. The number of carbonyl (C=O) groups excluding carboxylic acids is 1. The molecule has 0 saturated carbocycles. The fourth-order valence-corrected chi connectivity index (χ4v) is 6.04. The first-order chi connectivity index (χ1) is 21.0. The molecule has 6 rings (SSSR count). The summed E-state index contributed by atoms with van der Waals surface area (Å²) in [5.41, 5.74) is 3.18. The van der Waals surface area contributed by atoms with Crippen LogP contribution in [0.3, 0.4) is 0 Å². The van der Waals surface area contributed by atoms with Gasteiger partial charge in [0.1, 0.15) is 11.8 Å². The summed E-state index contributed by atoms with van der Waals surface area (Å²) in [5, 5.41) is 22.0. The monoisotopic (exact) mass is 592 g/mol. The van der Waals surface area contributed by atoms with Crippen LogP contribution in [0.4, 0.5) is 0 Å². The number of hydrogen-bond acceptors (Lipinski definition) is 12. The molecule has 2 aromatic carbocycles. The van der Waals surface area contributed by atoms with Crippen LogP contribution in [0.25, 0.3) is 11.2 Å². The minimum absolute atomic E-state index is 0.0380. The van der Waals surface area contributed by atoms with E-state index in [2.05, 4.69) is 15.0 Å². The highest BCUT2D eigenvalue weighted by atomic mass is 16.7. The Morgan fingerprint density at radius 3 is 2.42 bits per heavy atom. The molecule has 0 bridgehead atoms. The molecule has 4 atom stereocenters. The molecule has 13 heteroatoms. The molecular weight excluding hydrogens is 560 g/mol. The second kappa shape index (κ2) is 11.9. The number of aryl methyl sites for hydroxylation is 1. The van der Waals surface area contributed by atoms with Gasteiger partial charge >= 0.3 is 5.97 Å². The van der Waals surface area contributed by atoms with Crippen molar-refractivity contribution in [3.8, 4) is 28.7 Å². The average molecular weight is 593 g/mol. The van der Waals surface area contributed by atoms with Crippen molar-refractivity contribution in [3.05, 3.63) is 59.8 Å². The number of hydrogen-bond donors (Lipinski definition) is 2. The molecule has 226 valence electrons. The number of nitrogens with zero attached hydrogens (tertiary/aromatic N) is 4. The topological polar surface area (TPSA) is 157 Å². The van der Waals surface area contributed by atoms with E-state index in [-0.39, 0.29) is 13.4 Å². The fourth-order valence-electron chi connectivity index (χ4n) is 6.04. The molecule has 0 saturated heterocycles. The van der Waals surface area contributed by atoms with Crippen molar-refractivity contribution in [3.63, 3.8) is 0 Å². The normalized spacial score (nSPS) is 20.5. The molecule has 3 heterocycles. The third-order valence-electron chi connectivity index (χ3n) is 8.06. The predicted molar refractivity (Wildman–Crippen MR) is 150 cm³/mol. The first-order valence-corrected chi connectivity index (χ1v) is 13.8. The van der Waals surface area contributed by atoms with Gasteiger partial charge in [-0.3, -0.25) is 4.79 Å². The van der Waals surface area contributed by atoms with Gasteiger partial charge in [-0.25, -0.2) is 15.0 Å². The number of carbonyl (C=O) groups is 1. The highest BCUT2D eigenvalue weighted by Gasteiger charge is 2.48. The van der Waals surface area contributed by atoms with Crippen LogP contribution in [-0.4, -0.2) is 77.0 Å². The maximum Gasteiger partial charge on any atom is 0.310 e. The van der Waals surface area contributed by atoms with Crippen LogP contribution in [0.5, 0.6) is 28.7 Å². The van der Waals surface area contributed by atoms with E-state index in [1.54, 1.807) is 36.8 Å². The molecule has 0 fully saturated rings. The number of aliphatic hydroxyl groups excluding tert-OH is 2. The molecule has 2 aliphatic rings. The molecule has 0 radical (unpaired) electrons. The first-order valence-electron chi connectivity index (χ1n) is 13.8. The Bertz CT molecular complexity index is 1620. The van der Waals surface area contributed by atoms with E-state index in [1.807, 2.05) is 4.57 Å². The number of fused-ring (bicyclic) bond motifs is 3. The fraction of sp³-hybridized carbons (Fsp3) is 0.400. The summed E-state index contributed by atoms with van der Waals surface area (Å²) in [6, 6.07) is 7.00. The minimum atomic E-state index is -1.16. The molecule has 1 aliphatic carbocycles. The molecular formula is C30H32N4O9. The van der Waals surface area contributed by atoms with Gasteiger partial charge in [0.15, 0.2) is 28.6 Å². The maximum atomic E-state index is 13.9. The van der Waals surface area contributed by atoms with Gasteiger partial charge in [0, 0.05) is 25.0 Å². The Kier molecular flexibility index (Phi) is 7.91. The van der Waals surface area contributed by atoms with Gasteiger partial charge in [-0.2, -0.15) is 0 Å². The van der Waals surface area contributed by atoms with Gasteiger partial charge < -0.3 is 43.2 Å². The molecule has 0 unspecified atom stereocenters. The van der Waals surface area contributed by atoms with Crippen LogP contribution >= 0.6 is 0 Å². The van der Waals surface area contributed by atoms with Gasteiger partial charge in [-0.15, -0.1) is 0 Å². The molecule has 2 N–H and O–H groups in total. The van der Waals surface area contributed by atoms with Gasteiger partial charge in [0.25, 0.3) is 0 Å². The van der Waals surface area contributed by atoms with E-state index >= 15 is 0 Å². The lowest BCUT2D eigenvalue weighted by molar-refractivity contribution is -0.155. The van der Waals surface area contributed by atoms with Gasteiger partial charge in [-0.1, -0.05) is 0 Å². The summed E-state index contributed by atoms with van der Waals surface area (Å²) in [6.07, 6.45) is 4.09. The summed E-state index contributed by atoms with van der Waals surface area (Å²) in [7, 11) is 4.53. The van der Waals surface area contributed by atoms with E-state index in [9.17, 15) is 15.0 Å². The number of imidazole rings is 1. The lowest BCUT2D eigenvalue weighted by Crippen LogP contribution is -2.41. The number of aliphatic hydroxyl groups is 2.